The number of anilines is 4. The quantitative estimate of drug-likeness (QED) is 0.575. The zero-order valence-electron chi connectivity index (χ0n) is 10.7. The van der Waals surface area contributed by atoms with Crippen molar-refractivity contribution in [3.63, 3.8) is 0 Å². The van der Waals surface area contributed by atoms with Gasteiger partial charge in [-0.2, -0.15) is 4.98 Å². The monoisotopic (exact) mass is 262 g/mol. The number of para-hydroxylation sites is 2. The normalized spacial score (nSPS) is 10.1. The Labute approximate surface area is 110 Å². The van der Waals surface area contributed by atoms with Crippen LogP contribution in [0, 0.1) is 5.82 Å². The molecular weight excluding hydrogens is 247 g/mol. The second-order valence-electron chi connectivity index (χ2n) is 4.07. The van der Waals surface area contributed by atoms with E-state index in [4.69, 9.17) is 5.84 Å². The Morgan fingerprint density at radius 2 is 2.00 bits per heavy atom. The lowest BCUT2D eigenvalue weighted by Crippen LogP contribution is -2.13. The molecule has 0 aliphatic carbocycles. The maximum absolute atomic E-state index is 13.7. The molecule has 0 saturated heterocycles. The highest BCUT2D eigenvalue weighted by Gasteiger charge is 2.09. The first-order chi connectivity index (χ1) is 9.11. The summed E-state index contributed by atoms with van der Waals surface area (Å²) >= 11 is 0. The first-order valence-electron chi connectivity index (χ1n) is 5.64. The number of nitrogen functional groups attached to an aromatic ring is 1. The Balaban J connectivity index is 2.36. The number of benzene rings is 1. The largest absolute Gasteiger partial charge is 0.376 e. The Hall–Kier alpha value is -2.41. The van der Waals surface area contributed by atoms with Gasteiger partial charge in [0.15, 0.2) is 11.6 Å². The van der Waals surface area contributed by atoms with Gasteiger partial charge in [0.2, 0.25) is 5.95 Å². The van der Waals surface area contributed by atoms with Gasteiger partial charge in [-0.05, 0) is 12.1 Å². The number of nitrogens with zero attached hydrogens (tertiary/aromatic N) is 3. The van der Waals surface area contributed by atoms with Crippen molar-refractivity contribution in [3.05, 3.63) is 36.3 Å². The van der Waals surface area contributed by atoms with E-state index in [2.05, 4.69) is 20.7 Å². The second kappa shape index (κ2) is 5.49. The van der Waals surface area contributed by atoms with Gasteiger partial charge in [-0.1, -0.05) is 12.1 Å². The van der Waals surface area contributed by atoms with Gasteiger partial charge in [0.1, 0.15) is 0 Å². The lowest BCUT2D eigenvalue weighted by molar-refractivity contribution is 0.619. The van der Waals surface area contributed by atoms with Gasteiger partial charge in [0, 0.05) is 14.1 Å². The van der Waals surface area contributed by atoms with Crippen molar-refractivity contribution >= 4 is 23.1 Å². The van der Waals surface area contributed by atoms with Gasteiger partial charge >= 0.3 is 0 Å². The molecule has 0 atom stereocenters. The van der Waals surface area contributed by atoms with Crippen LogP contribution in [0.4, 0.5) is 27.5 Å². The number of hydrogen-bond acceptors (Lipinski definition) is 6. The molecule has 0 bridgehead atoms. The summed E-state index contributed by atoms with van der Waals surface area (Å²) in [6.07, 6.45) is 1.06. The number of nitrogens with two attached hydrogens (primary N) is 1. The van der Waals surface area contributed by atoms with E-state index in [-0.39, 0.29) is 11.8 Å². The highest BCUT2D eigenvalue weighted by molar-refractivity contribution is 5.74. The average molecular weight is 262 g/mol. The van der Waals surface area contributed by atoms with E-state index < -0.39 is 5.82 Å². The van der Waals surface area contributed by atoms with Crippen molar-refractivity contribution in [2.24, 2.45) is 5.84 Å². The lowest BCUT2D eigenvalue weighted by atomic mass is 10.2. The van der Waals surface area contributed by atoms with Crippen molar-refractivity contribution < 1.29 is 4.39 Å². The Kier molecular flexibility index (Phi) is 3.76. The van der Waals surface area contributed by atoms with E-state index in [1.54, 1.807) is 0 Å². The molecule has 4 N–H and O–H groups in total. The molecule has 0 aliphatic heterocycles. The molecule has 100 valence electrons. The Morgan fingerprint density at radius 3 is 2.68 bits per heavy atom. The minimum atomic E-state index is -0.549. The SMILES string of the molecule is CN(C)c1ccccc1Nc1nc(NN)ncc1F. The number of hydrogen-bond donors (Lipinski definition) is 3. The van der Waals surface area contributed by atoms with E-state index in [0.717, 1.165) is 17.6 Å². The third-order valence-electron chi connectivity index (χ3n) is 2.51. The average Bonchev–Trinajstić information content (AvgIpc) is 2.41. The maximum atomic E-state index is 13.7. The van der Waals surface area contributed by atoms with E-state index in [1.165, 1.54) is 0 Å². The molecule has 0 fully saturated rings. The fourth-order valence-corrected chi connectivity index (χ4v) is 1.62. The van der Waals surface area contributed by atoms with Gasteiger partial charge in [0.25, 0.3) is 0 Å². The summed E-state index contributed by atoms with van der Waals surface area (Å²) in [5, 5.41) is 2.93. The third-order valence-corrected chi connectivity index (χ3v) is 2.51. The molecule has 19 heavy (non-hydrogen) atoms. The summed E-state index contributed by atoms with van der Waals surface area (Å²) in [5.41, 5.74) is 3.94. The van der Waals surface area contributed by atoms with Crippen molar-refractivity contribution in [1.82, 2.24) is 9.97 Å². The second-order valence-corrected chi connectivity index (χ2v) is 4.07. The van der Waals surface area contributed by atoms with Gasteiger partial charge < -0.3 is 10.2 Å². The molecule has 0 aliphatic rings. The van der Waals surface area contributed by atoms with E-state index >= 15 is 0 Å². The van der Waals surface area contributed by atoms with Crippen LogP contribution in [0.2, 0.25) is 0 Å². The summed E-state index contributed by atoms with van der Waals surface area (Å²) in [4.78, 5) is 9.54. The van der Waals surface area contributed by atoms with Crippen molar-refractivity contribution in [1.29, 1.82) is 0 Å². The van der Waals surface area contributed by atoms with E-state index in [0.29, 0.717) is 0 Å². The number of nitrogens with one attached hydrogen (secondary N) is 2. The van der Waals surface area contributed by atoms with E-state index in [1.807, 2.05) is 43.3 Å². The molecule has 1 aromatic carbocycles. The third kappa shape index (κ3) is 2.89. The lowest BCUT2D eigenvalue weighted by Gasteiger charge is -2.18. The van der Waals surface area contributed by atoms with Gasteiger partial charge in [-0.3, -0.25) is 5.43 Å². The molecule has 7 heteroatoms. The number of hydrazine groups is 1. The van der Waals surface area contributed by atoms with Crippen LogP contribution in [-0.4, -0.2) is 24.1 Å². The van der Waals surface area contributed by atoms with Gasteiger partial charge in [0.05, 0.1) is 17.6 Å². The molecule has 1 aromatic heterocycles. The predicted octanol–water partition coefficient (Wildman–Crippen LogP) is 1.71. The zero-order valence-corrected chi connectivity index (χ0v) is 10.7. The standard InChI is InChI=1S/C12H15FN6/c1-19(2)10-6-4-3-5-9(10)16-11-8(13)7-15-12(17-11)18-14/h3-7H,14H2,1-2H3,(H2,15,16,17,18). The van der Waals surface area contributed by atoms with Crippen LogP contribution in [0.5, 0.6) is 0 Å². The van der Waals surface area contributed by atoms with Crippen molar-refractivity contribution in [3.8, 4) is 0 Å². The minimum Gasteiger partial charge on any atom is -0.376 e. The molecule has 0 saturated carbocycles. The summed E-state index contributed by atoms with van der Waals surface area (Å²) in [5.74, 6) is 4.87. The molecule has 0 amide bonds. The van der Waals surface area contributed by atoms with Crippen LogP contribution in [0.1, 0.15) is 0 Å². The van der Waals surface area contributed by atoms with Crippen LogP contribution >= 0.6 is 0 Å². The molecule has 0 spiro atoms. The van der Waals surface area contributed by atoms with Crippen molar-refractivity contribution in [2.45, 2.75) is 0 Å². The first kappa shape index (κ1) is 13.0. The molecule has 0 radical (unpaired) electrons. The first-order valence-corrected chi connectivity index (χ1v) is 5.64. The molecular formula is C12H15FN6. The van der Waals surface area contributed by atoms with Gasteiger partial charge in [-0.25, -0.2) is 15.2 Å². The fraction of sp³-hybridized carbons (Fsp3) is 0.167. The van der Waals surface area contributed by atoms with Crippen LogP contribution in [-0.2, 0) is 0 Å². The fourth-order valence-electron chi connectivity index (χ4n) is 1.62. The van der Waals surface area contributed by atoms with Crippen LogP contribution < -0.4 is 21.5 Å². The minimum absolute atomic E-state index is 0.0669. The smallest absolute Gasteiger partial charge is 0.239 e. The topological polar surface area (TPSA) is 79.1 Å². The van der Waals surface area contributed by atoms with Crippen LogP contribution in [0.15, 0.2) is 30.5 Å². The Bertz CT molecular complexity index is 572. The van der Waals surface area contributed by atoms with Crippen LogP contribution in [0.3, 0.4) is 0 Å². The summed E-state index contributed by atoms with van der Waals surface area (Å²) in [7, 11) is 3.81. The molecule has 2 aromatic rings. The summed E-state index contributed by atoms with van der Waals surface area (Å²) in [6, 6.07) is 7.52. The number of halogens is 1. The van der Waals surface area contributed by atoms with Crippen LogP contribution in [0.25, 0.3) is 0 Å². The number of aromatic nitrogens is 2. The molecule has 0 unspecified atom stereocenters. The van der Waals surface area contributed by atoms with E-state index in [9.17, 15) is 4.39 Å². The van der Waals surface area contributed by atoms with Crippen molar-refractivity contribution in [2.75, 3.05) is 29.7 Å². The highest BCUT2D eigenvalue weighted by atomic mass is 19.1. The highest BCUT2D eigenvalue weighted by Crippen LogP contribution is 2.27. The molecule has 1 heterocycles. The zero-order chi connectivity index (χ0) is 13.8. The Morgan fingerprint density at radius 1 is 1.26 bits per heavy atom. The van der Waals surface area contributed by atoms with Gasteiger partial charge in [-0.15, -0.1) is 0 Å². The summed E-state index contributed by atoms with van der Waals surface area (Å²) in [6.45, 7) is 0. The maximum Gasteiger partial charge on any atom is 0.239 e. The molecule has 2 rings (SSSR count). The molecule has 6 nitrogen and oxygen atoms in total. The number of rotatable bonds is 4. The predicted molar refractivity (Wildman–Crippen MR) is 73.9 cm³/mol. The summed E-state index contributed by atoms with van der Waals surface area (Å²) < 4.78 is 13.7.